The maximum atomic E-state index is 11.2. The molecule has 0 aliphatic rings. The highest BCUT2D eigenvalue weighted by Gasteiger charge is 2.04. The molecule has 1 aromatic rings. The number of nitrogens with two attached hydrogens (primary N) is 1. The number of hydrogen-bond donors (Lipinski definition) is 3. The molecule has 0 atom stereocenters. The summed E-state index contributed by atoms with van der Waals surface area (Å²) < 4.78 is 30.1. The maximum Gasteiger partial charge on any atom is 0.211 e. The van der Waals surface area contributed by atoms with E-state index in [0.29, 0.717) is 25.3 Å². The van der Waals surface area contributed by atoms with Crippen molar-refractivity contribution >= 4 is 21.7 Å². The maximum absolute atomic E-state index is 11.2. The number of rotatable bonds is 8. The zero-order chi connectivity index (χ0) is 15.7. The van der Waals surface area contributed by atoms with E-state index < -0.39 is 10.0 Å². The Kier molecular flexibility index (Phi) is 6.97. The van der Waals surface area contributed by atoms with Gasteiger partial charge in [0.2, 0.25) is 10.0 Å². The number of methoxy groups -OCH3 is 1. The molecule has 0 aliphatic heterocycles. The van der Waals surface area contributed by atoms with E-state index in [1.54, 1.807) is 14.0 Å². The van der Waals surface area contributed by atoms with Crippen molar-refractivity contribution in [2.45, 2.75) is 13.3 Å². The van der Waals surface area contributed by atoms with Crippen LogP contribution in [-0.2, 0) is 10.0 Å². The number of nitrogens with one attached hydrogen (secondary N) is 2. The first-order valence-corrected chi connectivity index (χ1v) is 8.31. The molecule has 0 radical (unpaired) electrons. The highest BCUT2D eigenvalue weighted by atomic mass is 32.2. The first kappa shape index (κ1) is 17.3. The van der Waals surface area contributed by atoms with Crippen LogP contribution >= 0.6 is 0 Å². The summed E-state index contributed by atoms with van der Waals surface area (Å²) in [6.45, 7) is 2.37. The molecule has 0 fully saturated rings. The normalized spacial score (nSPS) is 12.2. The van der Waals surface area contributed by atoms with Gasteiger partial charge in [0, 0.05) is 13.1 Å². The lowest BCUT2D eigenvalue weighted by Crippen LogP contribution is -2.27. The van der Waals surface area contributed by atoms with Gasteiger partial charge in [0.05, 0.1) is 18.6 Å². The lowest BCUT2D eigenvalue weighted by Gasteiger charge is -2.10. The molecular weight excluding hydrogens is 292 g/mol. The van der Waals surface area contributed by atoms with E-state index >= 15 is 0 Å². The summed E-state index contributed by atoms with van der Waals surface area (Å²) in [6, 6.07) is 7.36. The van der Waals surface area contributed by atoms with Crippen LogP contribution in [0.2, 0.25) is 0 Å². The molecule has 8 heteroatoms. The number of aliphatic imine (C=N–C) groups is 1. The molecule has 0 heterocycles. The Hall–Kier alpha value is -1.80. The van der Waals surface area contributed by atoms with Gasteiger partial charge in [-0.05, 0) is 25.5 Å². The molecule has 0 spiro atoms. The van der Waals surface area contributed by atoms with Crippen molar-refractivity contribution in [1.29, 1.82) is 0 Å². The second kappa shape index (κ2) is 8.48. The number of para-hydroxylation sites is 2. The number of benzene rings is 1. The zero-order valence-corrected chi connectivity index (χ0v) is 13.1. The van der Waals surface area contributed by atoms with E-state index in [1.165, 1.54) is 0 Å². The number of ether oxygens (including phenoxy) is 1. The number of nitrogens with zero attached hydrogens (tertiary/aromatic N) is 1. The second-order valence-corrected chi connectivity index (χ2v) is 6.34. The molecule has 0 saturated carbocycles. The average molecular weight is 314 g/mol. The van der Waals surface area contributed by atoms with Gasteiger partial charge in [0.25, 0.3) is 0 Å². The third-order valence-electron chi connectivity index (χ3n) is 2.69. The minimum atomic E-state index is -3.14. The van der Waals surface area contributed by atoms with Crippen molar-refractivity contribution in [2.24, 2.45) is 10.7 Å². The standard InChI is InChI=1S/C13H22N4O3S/c1-3-21(18,19)16-10-6-9-15-13(14)17-11-7-4-5-8-12(11)20-2/h4-5,7-8,16H,3,6,9-10H2,1-2H3,(H3,14,15,17). The SMILES string of the molecule is CCS(=O)(=O)NCCCN=C(N)Nc1ccccc1OC. The van der Waals surface area contributed by atoms with Gasteiger partial charge >= 0.3 is 0 Å². The fourth-order valence-corrected chi connectivity index (χ4v) is 2.19. The molecule has 0 aromatic heterocycles. The molecule has 0 amide bonds. The van der Waals surface area contributed by atoms with Crippen LogP contribution < -0.4 is 20.5 Å². The van der Waals surface area contributed by atoms with E-state index in [2.05, 4.69) is 15.0 Å². The third kappa shape index (κ3) is 6.46. The van der Waals surface area contributed by atoms with Crippen LogP contribution in [0.25, 0.3) is 0 Å². The van der Waals surface area contributed by atoms with Crippen molar-refractivity contribution in [3.8, 4) is 5.75 Å². The Morgan fingerprint density at radius 1 is 1.38 bits per heavy atom. The summed E-state index contributed by atoms with van der Waals surface area (Å²) in [5, 5.41) is 2.94. The average Bonchev–Trinajstić information content (AvgIpc) is 2.47. The van der Waals surface area contributed by atoms with E-state index in [0.717, 1.165) is 5.69 Å². The van der Waals surface area contributed by atoms with Gasteiger partial charge in [0.15, 0.2) is 5.96 Å². The van der Waals surface area contributed by atoms with Crippen LogP contribution in [0.3, 0.4) is 0 Å². The Morgan fingerprint density at radius 2 is 2.10 bits per heavy atom. The summed E-state index contributed by atoms with van der Waals surface area (Å²) in [7, 11) is -1.56. The highest BCUT2D eigenvalue weighted by Crippen LogP contribution is 2.22. The number of guanidine groups is 1. The Morgan fingerprint density at radius 3 is 2.76 bits per heavy atom. The van der Waals surface area contributed by atoms with E-state index in [-0.39, 0.29) is 11.7 Å². The molecular formula is C13H22N4O3S. The lowest BCUT2D eigenvalue weighted by molar-refractivity contribution is 0.417. The minimum Gasteiger partial charge on any atom is -0.495 e. The molecule has 0 unspecified atom stereocenters. The predicted molar refractivity (Wildman–Crippen MR) is 85.2 cm³/mol. The second-order valence-electron chi connectivity index (χ2n) is 4.24. The van der Waals surface area contributed by atoms with Crippen LogP contribution in [0.15, 0.2) is 29.3 Å². The summed E-state index contributed by atoms with van der Waals surface area (Å²) in [4.78, 5) is 4.13. The summed E-state index contributed by atoms with van der Waals surface area (Å²) in [5.41, 5.74) is 6.50. The molecule has 21 heavy (non-hydrogen) atoms. The first-order valence-electron chi connectivity index (χ1n) is 6.66. The highest BCUT2D eigenvalue weighted by molar-refractivity contribution is 7.89. The monoisotopic (exact) mass is 314 g/mol. The number of sulfonamides is 1. The van der Waals surface area contributed by atoms with Crippen molar-refractivity contribution in [1.82, 2.24) is 4.72 Å². The van der Waals surface area contributed by atoms with Gasteiger partial charge in [-0.15, -0.1) is 0 Å². The number of anilines is 1. The van der Waals surface area contributed by atoms with Gasteiger partial charge in [-0.3, -0.25) is 4.99 Å². The zero-order valence-electron chi connectivity index (χ0n) is 12.3. The molecule has 1 rings (SSSR count). The van der Waals surface area contributed by atoms with Crippen molar-refractivity contribution < 1.29 is 13.2 Å². The van der Waals surface area contributed by atoms with Crippen LogP contribution in [0, 0.1) is 0 Å². The summed E-state index contributed by atoms with van der Waals surface area (Å²) >= 11 is 0. The van der Waals surface area contributed by atoms with Gasteiger partial charge in [-0.2, -0.15) is 0 Å². The molecule has 1 aromatic carbocycles. The number of hydrogen-bond acceptors (Lipinski definition) is 4. The van der Waals surface area contributed by atoms with Crippen molar-refractivity contribution in [3.63, 3.8) is 0 Å². The quantitative estimate of drug-likeness (QED) is 0.373. The molecule has 118 valence electrons. The summed E-state index contributed by atoms with van der Waals surface area (Å²) in [5.74, 6) is 1.01. The lowest BCUT2D eigenvalue weighted by atomic mass is 10.3. The van der Waals surface area contributed by atoms with Crippen LogP contribution in [0.1, 0.15) is 13.3 Å². The molecule has 0 saturated heterocycles. The predicted octanol–water partition coefficient (Wildman–Crippen LogP) is 0.751. The van der Waals surface area contributed by atoms with E-state index in [1.807, 2.05) is 24.3 Å². The molecule has 7 nitrogen and oxygen atoms in total. The molecule has 0 bridgehead atoms. The summed E-state index contributed by atoms with van der Waals surface area (Å²) in [6.07, 6.45) is 0.577. The van der Waals surface area contributed by atoms with Gasteiger partial charge in [-0.1, -0.05) is 12.1 Å². The minimum absolute atomic E-state index is 0.0771. The largest absolute Gasteiger partial charge is 0.495 e. The van der Waals surface area contributed by atoms with Gasteiger partial charge in [0.1, 0.15) is 5.75 Å². The Balaban J connectivity index is 2.40. The van der Waals surface area contributed by atoms with E-state index in [9.17, 15) is 8.42 Å². The smallest absolute Gasteiger partial charge is 0.211 e. The molecule has 0 aliphatic carbocycles. The topological polar surface area (TPSA) is 106 Å². The van der Waals surface area contributed by atoms with Crippen molar-refractivity contribution in [2.75, 3.05) is 31.3 Å². The van der Waals surface area contributed by atoms with Crippen molar-refractivity contribution in [3.05, 3.63) is 24.3 Å². The Bertz CT molecular complexity index is 573. The van der Waals surface area contributed by atoms with Crippen LogP contribution in [0.5, 0.6) is 5.75 Å². The Labute approximate surface area is 125 Å². The van der Waals surface area contributed by atoms with Crippen LogP contribution in [-0.4, -0.2) is 40.3 Å². The van der Waals surface area contributed by atoms with E-state index in [4.69, 9.17) is 10.5 Å². The van der Waals surface area contributed by atoms with Gasteiger partial charge in [-0.25, -0.2) is 13.1 Å². The molecule has 4 N–H and O–H groups in total. The fraction of sp³-hybridized carbons (Fsp3) is 0.462. The van der Waals surface area contributed by atoms with Crippen LogP contribution in [0.4, 0.5) is 5.69 Å². The fourth-order valence-electron chi connectivity index (χ4n) is 1.53. The van der Waals surface area contributed by atoms with Gasteiger partial charge < -0.3 is 15.8 Å². The first-order chi connectivity index (χ1) is 9.98. The third-order valence-corrected chi connectivity index (χ3v) is 4.09.